The first-order chi connectivity index (χ1) is 6.86. The Morgan fingerprint density at radius 1 is 1.43 bits per heavy atom. The standard InChI is InChI=1S/C11H11NO2/c1-7-4-13-5-9-8(7)2-3-10-11(9)12-6-14-10/h2-3,6-7H,4-5H2,1H3. The summed E-state index contributed by atoms with van der Waals surface area (Å²) in [5.74, 6) is 0.458. The number of benzene rings is 1. The summed E-state index contributed by atoms with van der Waals surface area (Å²) in [5.41, 5.74) is 4.34. The highest BCUT2D eigenvalue weighted by molar-refractivity contribution is 5.78. The zero-order valence-corrected chi connectivity index (χ0v) is 7.99. The van der Waals surface area contributed by atoms with Gasteiger partial charge in [0.15, 0.2) is 12.0 Å². The van der Waals surface area contributed by atoms with E-state index in [1.165, 1.54) is 17.5 Å². The van der Waals surface area contributed by atoms with Crippen LogP contribution in [0.15, 0.2) is 22.9 Å². The van der Waals surface area contributed by atoms with Crippen LogP contribution in [0, 0.1) is 0 Å². The number of hydrogen-bond acceptors (Lipinski definition) is 3. The number of fused-ring (bicyclic) bond motifs is 3. The van der Waals surface area contributed by atoms with Crippen molar-refractivity contribution in [2.45, 2.75) is 19.4 Å². The predicted molar refractivity (Wildman–Crippen MR) is 52.1 cm³/mol. The molecule has 0 spiro atoms. The molecule has 0 N–H and O–H groups in total. The van der Waals surface area contributed by atoms with Crippen molar-refractivity contribution in [2.75, 3.05) is 6.61 Å². The molecule has 3 rings (SSSR count). The fraction of sp³-hybridized carbons (Fsp3) is 0.364. The van der Waals surface area contributed by atoms with Crippen LogP contribution < -0.4 is 0 Å². The van der Waals surface area contributed by atoms with E-state index in [-0.39, 0.29) is 0 Å². The van der Waals surface area contributed by atoms with E-state index in [0.717, 1.165) is 17.7 Å². The van der Waals surface area contributed by atoms with Crippen LogP contribution in [-0.4, -0.2) is 11.6 Å². The zero-order valence-electron chi connectivity index (χ0n) is 7.99. The topological polar surface area (TPSA) is 35.3 Å². The second kappa shape index (κ2) is 2.82. The Morgan fingerprint density at radius 2 is 2.36 bits per heavy atom. The first-order valence-electron chi connectivity index (χ1n) is 4.79. The van der Waals surface area contributed by atoms with Gasteiger partial charge in [0.2, 0.25) is 0 Å². The molecule has 3 nitrogen and oxygen atoms in total. The van der Waals surface area contributed by atoms with Crippen LogP contribution >= 0.6 is 0 Å². The van der Waals surface area contributed by atoms with E-state index in [2.05, 4.69) is 18.0 Å². The highest BCUT2D eigenvalue weighted by Gasteiger charge is 2.20. The van der Waals surface area contributed by atoms with Gasteiger partial charge in [0.25, 0.3) is 0 Å². The van der Waals surface area contributed by atoms with Gasteiger partial charge in [-0.3, -0.25) is 0 Å². The van der Waals surface area contributed by atoms with E-state index in [1.54, 1.807) is 0 Å². The zero-order chi connectivity index (χ0) is 9.54. The van der Waals surface area contributed by atoms with Gasteiger partial charge in [-0.05, 0) is 11.6 Å². The van der Waals surface area contributed by atoms with E-state index in [9.17, 15) is 0 Å². The predicted octanol–water partition coefficient (Wildman–Crippen LogP) is 2.46. The molecule has 1 aliphatic heterocycles. The summed E-state index contributed by atoms with van der Waals surface area (Å²) in [6.45, 7) is 3.63. The minimum absolute atomic E-state index is 0.458. The molecule has 1 atom stereocenters. The quantitative estimate of drug-likeness (QED) is 0.638. The van der Waals surface area contributed by atoms with Gasteiger partial charge in [0, 0.05) is 11.5 Å². The summed E-state index contributed by atoms with van der Waals surface area (Å²) >= 11 is 0. The fourth-order valence-electron chi connectivity index (χ4n) is 2.04. The van der Waals surface area contributed by atoms with Gasteiger partial charge in [0.1, 0.15) is 5.52 Å². The van der Waals surface area contributed by atoms with Crippen LogP contribution in [-0.2, 0) is 11.3 Å². The summed E-state index contributed by atoms with van der Waals surface area (Å²) in [7, 11) is 0. The number of hydrogen-bond donors (Lipinski definition) is 0. The molecule has 0 saturated carbocycles. The number of oxazole rings is 1. The minimum atomic E-state index is 0.458. The number of ether oxygens (including phenoxy) is 1. The van der Waals surface area contributed by atoms with Crippen LogP contribution in [0.4, 0.5) is 0 Å². The maximum absolute atomic E-state index is 5.50. The maximum Gasteiger partial charge on any atom is 0.181 e. The van der Waals surface area contributed by atoms with Gasteiger partial charge >= 0.3 is 0 Å². The van der Waals surface area contributed by atoms with E-state index in [4.69, 9.17) is 9.15 Å². The normalized spacial score (nSPS) is 21.1. The fourth-order valence-corrected chi connectivity index (χ4v) is 2.04. The summed E-state index contributed by atoms with van der Waals surface area (Å²) < 4.78 is 10.8. The number of rotatable bonds is 0. The molecular weight excluding hydrogens is 178 g/mol. The van der Waals surface area contributed by atoms with Crippen molar-refractivity contribution in [1.82, 2.24) is 4.98 Å². The summed E-state index contributed by atoms with van der Waals surface area (Å²) in [5, 5.41) is 0. The monoisotopic (exact) mass is 189 g/mol. The van der Waals surface area contributed by atoms with Crippen molar-refractivity contribution >= 4 is 11.1 Å². The highest BCUT2D eigenvalue weighted by Crippen LogP contribution is 2.31. The third-order valence-electron chi connectivity index (χ3n) is 2.79. The van der Waals surface area contributed by atoms with Gasteiger partial charge in [0.05, 0.1) is 13.2 Å². The van der Waals surface area contributed by atoms with Gasteiger partial charge in [-0.2, -0.15) is 0 Å². The average molecular weight is 189 g/mol. The Bertz CT molecular complexity index is 475. The lowest BCUT2D eigenvalue weighted by Crippen LogP contribution is -2.14. The molecule has 14 heavy (non-hydrogen) atoms. The molecule has 1 unspecified atom stereocenters. The smallest absolute Gasteiger partial charge is 0.181 e. The molecule has 0 amide bonds. The van der Waals surface area contributed by atoms with Crippen LogP contribution in [0.25, 0.3) is 11.1 Å². The molecule has 2 aromatic rings. The third kappa shape index (κ3) is 0.990. The van der Waals surface area contributed by atoms with Crippen molar-refractivity contribution in [3.05, 3.63) is 29.7 Å². The Hall–Kier alpha value is -1.35. The van der Waals surface area contributed by atoms with Crippen LogP contribution in [0.3, 0.4) is 0 Å². The van der Waals surface area contributed by atoms with Crippen LogP contribution in [0.2, 0.25) is 0 Å². The maximum atomic E-state index is 5.50. The van der Waals surface area contributed by atoms with Crippen molar-refractivity contribution in [3.8, 4) is 0 Å². The van der Waals surface area contributed by atoms with Gasteiger partial charge < -0.3 is 9.15 Å². The molecule has 0 radical (unpaired) electrons. The lowest BCUT2D eigenvalue weighted by atomic mass is 9.94. The molecule has 0 saturated heterocycles. The lowest BCUT2D eigenvalue weighted by Gasteiger charge is -2.22. The summed E-state index contributed by atoms with van der Waals surface area (Å²) in [4.78, 5) is 4.22. The van der Waals surface area contributed by atoms with E-state index < -0.39 is 0 Å². The first kappa shape index (κ1) is 8.00. The minimum Gasteiger partial charge on any atom is -0.443 e. The lowest BCUT2D eigenvalue weighted by molar-refractivity contribution is 0.0960. The molecule has 0 aliphatic carbocycles. The SMILES string of the molecule is CC1COCc2c1ccc1ocnc21. The van der Waals surface area contributed by atoms with Gasteiger partial charge in [-0.1, -0.05) is 13.0 Å². The van der Waals surface area contributed by atoms with E-state index in [1.807, 2.05) is 6.07 Å². The molecule has 2 heterocycles. The Balaban J connectivity index is 2.32. The largest absolute Gasteiger partial charge is 0.443 e. The first-order valence-corrected chi connectivity index (χ1v) is 4.79. The third-order valence-corrected chi connectivity index (χ3v) is 2.79. The van der Waals surface area contributed by atoms with Crippen molar-refractivity contribution in [1.29, 1.82) is 0 Å². The van der Waals surface area contributed by atoms with Gasteiger partial charge in [-0.25, -0.2) is 4.98 Å². The molecule has 3 heteroatoms. The Morgan fingerprint density at radius 3 is 3.29 bits per heavy atom. The van der Waals surface area contributed by atoms with Crippen molar-refractivity contribution in [2.24, 2.45) is 0 Å². The molecule has 72 valence electrons. The van der Waals surface area contributed by atoms with Crippen molar-refractivity contribution < 1.29 is 9.15 Å². The van der Waals surface area contributed by atoms with Gasteiger partial charge in [-0.15, -0.1) is 0 Å². The molecule has 1 aromatic heterocycles. The number of nitrogens with zero attached hydrogens (tertiary/aromatic N) is 1. The van der Waals surface area contributed by atoms with Crippen molar-refractivity contribution in [3.63, 3.8) is 0 Å². The highest BCUT2D eigenvalue weighted by atomic mass is 16.5. The summed E-state index contributed by atoms with van der Waals surface area (Å²) in [6.07, 6.45) is 1.49. The summed E-state index contributed by atoms with van der Waals surface area (Å²) in [6, 6.07) is 4.11. The molecule has 0 fully saturated rings. The molecule has 1 aromatic carbocycles. The van der Waals surface area contributed by atoms with E-state index >= 15 is 0 Å². The second-order valence-corrected chi connectivity index (χ2v) is 3.75. The number of aromatic nitrogens is 1. The Kier molecular flexibility index (Phi) is 1.61. The molecule has 0 bridgehead atoms. The second-order valence-electron chi connectivity index (χ2n) is 3.75. The molecular formula is C11H11NO2. The Labute approximate surface area is 81.7 Å². The van der Waals surface area contributed by atoms with Crippen LogP contribution in [0.1, 0.15) is 24.0 Å². The molecule has 1 aliphatic rings. The average Bonchev–Trinajstić information content (AvgIpc) is 2.66. The van der Waals surface area contributed by atoms with Crippen LogP contribution in [0.5, 0.6) is 0 Å². The van der Waals surface area contributed by atoms with E-state index in [0.29, 0.717) is 12.5 Å².